The summed E-state index contributed by atoms with van der Waals surface area (Å²) in [6.45, 7) is 2.62. The number of carbonyl (C=O) groups excluding carboxylic acids is 1. The van der Waals surface area contributed by atoms with Crippen molar-refractivity contribution in [2.45, 2.75) is 13.5 Å². The Labute approximate surface area is 134 Å². The Bertz CT molecular complexity index is 675. The first-order chi connectivity index (χ1) is 10.4. The number of aryl methyl sites for hydroxylation is 1. The monoisotopic (exact) mass is 320 g/mol. The van der Waals surface area contributed by atoms with Crippen molar-refractivity contribution in [2.24, 2.45) is 0 Å². The standard InChI is InChI=1S/C17H18ClFN2O/c1-12-6-7-16(15(18)8-12)20-17(22)11-21(2)10-13-4-3-5-14(19)9-13/h3-9H,10-11H2,1-2H3,(H,20,22). The lowest BCUT2D eigenvalue weighted by atomic mass is 10.2. The molecule has 0 aromatic heterocycles. The number of halogens is 2. The number of likely N-dealkylation sites (N-methyl/N-ethyl adjacent to an activating group) is 1. The summed E-state index contributed by atoms with van der Waals surface area (Å²) in [6.07, 6.45) is 0. The molecule has 0 heterocycles. The van der Waals surface area contributed by atoms with Crippen molar-refractivity contribution < 1.29 is 9.18 Å². The molecule has 0 aliphatic heterocycles. The number of benzene rings is 2. The third-order valence-electron chi connectivity index (χ3n) is 3.15. The van der Waals surface area contributed by atoms with E-state index >= 15 is 0 Å². The average molecular weight is 321 g/mol. The molecule has 5 heteroatoms. The third-order valence-corrected chi connectivity index (χ3v) is 3.47. The van der Waals surface area contributed by atoms with Gasteiger partial charge in [0, 0.05) is 6.54 Å². The number of rotatable bonds is 5. The van der Waals surface area contributed by atoms with Gasteiger partial charge in [0.25, 0.3) is 0 Å². The molecule has 0 radical (unpaired) electrons. The van der Waals surface area contributed by atoms with Crippen molar-refractivity contribution in [1.82, 2.24) is 4.90 Å². The van der Waals surface area contributed by atoms with E-state index in [2.05, 4.69) is 5.32 Å². The summed E-state index contributed by atoms with van der Waals surface area (Å²) < 4.78 is 13.1. The number of anilines is 1. The maximum Gasteiger partial charge on any atom is 0.238 e. The van der Waals surface area contributed by atoms with Crippen molar-refractivity contribution >= 4 is 23.2 Å². The van der Waals surface area contributed by atoms with Gasteiger partial charge in [0.2, 0.25) is 5.91 Å². The highest BCUT2D eigenvalue weighted by atomic mass is 35.5. The Kier molecular flexibility index (Phi) is 5.52. The molecule has 1 amide bonds. The molecule has 0 aliphatic carbocycles. The van der Waals surface area contributed by atoms with Crippen LogP contribution in [0.5, 0.6) is 0 Å². The molecule has 1 N–H and O–H groups in total. The van der Waals surface area contributed by atoms with Gasteiger partial charge in [-0.25, -0.2) is 4.39 Å². The summed E-state index contributed by atoms with van der Waals surface area (Å²) in [6, 6.07) is 11.8. The van der Waals surface area contributed by atoms with Gasteiger partial charge >= 0.3 is 0 Å². The van der Waals surface area contributed by atoms with E-state index in [4.69, 9.17) is 11.6 Å². The van der Waals surface area contributed by atoms with Gasteiger partial charge < -0.3 is 5.32 Å². The van der Waals surface area contributed by atoms with Crippen LogP contribution in [-0.4, -0.2) is 24.4 Å². The van der Waals surface area contributed by atoms with Crippen LogP contribution < -0.4 is 5.32 Å². The second-order valence-electron chi connectivity index (χ2n) is 5.33. The first-order valence-corrected chi connectivity index (χ1v) is 7.31. The molecule has 0 aliphatic rings. The molecule has 0 saturated carbocycles. The molecule has 2 aromatic rings. The lowest BCUT2D eigenvalue weighted by molar-refractivity contribution is -0.117. The molecule has 3 nitrogen and oxygen atoms in total. The minimum absolute atomic E-state index is 0.162. The Morgan fingerprint density at radius 3 is 2.73 bits per heavy atom. The van der Waals surface area contributed by atoms with Crippen molar-refractivity contribution in [2.75, 3.05) is 18.9 Å². The summed E-state index contributed by atoms with van der Waals surface area (Å²) in [5.41, 5.74) is 2.45. The van der Waals surface area contributed by atoms with E-state index in [1.807, 2.05) is 24.0 Å². The SMILES string of the molecule is Cc1ccc(NC(=O)CN(C)Cc2cccc(F)c2)c(Cl)c1. The highest BCUT2D eigenvalue weighted by Crippen LogP contribution is 2.22. The van der Waals surface area contributed by atoms with E-state index in [1.165, 1.54) is 12.1 Å². The van der Waals surface area contributed by atoms with Crippen molar-refractivity contribution in [1.29, 1.82) is 0 Å². The normalized spacial score (nSPS) is 10.8. The molecule has 2 rings (SSSR count). The largest absolute Gasteiger partial charge is 0.324 e. The number of nitrogens with one attached hydrogen (secondary N) is 1. The summed E-state index contributed by atoms with van der Waals surface area (Å²) >= 11 is 6.09. The predicted octanol–water partition coefficient (Wildman–Crippen LogP) is 3.86. The summed E-state index contributed by atoms with van der Waals surface area (Å²) in [4.78, 5) is 13.8. The number of amides is 1. The van der Waals surface area contributed by atoms with Gasteiger partial charge in [0.1, 0.15) is 5.82 Å². The lowest BCUT2D eigenvalue weighted by Gasteiger charge is -2.17. The average Bonchev–Trinajstić information content (AvgIpc) is 2.41. The quantitative estimate of drug-likeness (QED) is 0.907. The first kappa shape index (κ1) is 16.5. The molecule has 0 spiro atoms. The number of hydrogen-bond acceptors (Lipinski definition) is 2. The molecule has 0 atom stereocenters. The Hall–Kier alpha value is -1.91. The van der Waals surface area contributed by atoms with Crippen molar-refractivity contribution in [3.8, 4) is 0 Å². The third kappa shape index (κ3) is 4.83. The molecule has 0 fully saturated rings. The summed E-state index contributed by atoms with van der Waals surface area (Å²) in [5, 5.41) is 3.29. The molecule has 22 heavy (non-hydrogen) atoms. The van der Waals surface area contributed by atoms with Crippen LogP contribution in [0, 0.1) is 12.7 Å². The van der Waals surface area contributed by atoms with Crippen LogP contribution >= 0.6 is 11.6 Å². The molecule has 116 valence electrons. The second-order valence-corrected chi connectivity index (χ2v) is 5.74. The van der Waals surface area contributed by atoms with Crippen LogP contribution in [0.1, 0.15) is 11.1 Å². The lowest BCUT2D eigenvalue weighted by Crippen LogP contribution is -2.29. The zero-order valence-corrected chi connectivity index (χ0v) is 13.3. The van der Waals surface area contributed by atoms with Crippen LogP contribution in [0.3, 0.4) is 0 Å². The number of carbonyl (C=O) groups is 1. The van der Waals surface area contributed by atoms with Gasteiger partial charge in [-0.05, 0) is 49.4 Å². The smallest absolute Gasteiger partial charge is 0.238 e. The maximum atomic E-state index is 13.1. The van der Waals surface area contributed by atoms with Crippen molar-refractivity contribution in [3.05, 3.63) is 64.4 Å². The molecular weight excluding hydrogens is 303 g/mol. The predicted molar refractivity (Wildman–Crippen MR) is 87.6 cm³/mol. The summed E-state index contributed by atoms with van der Waals surface area (Å²) in [7, 11) is 1.81. The maximum absolute atomic E-state index is 13.1. The Balaban J connectivity index is 1.91. The van der Waals surface area contributed by atoms with E-state index in [-0.39, 0.29) is 18.3 Å². The van der Waals surface area contributed by atoms with Crippen LogP contribution in [0.4, 0.5) is 10.1 Å². The highest BCUT2D eigenvalue weighted by molar-refractivity contribution is 6.33. The van der Waals surface area contributed by atoms with E-state index in [0.29, 0.717) is 17.3 Å². The van der Waals surface area contributed by atoms with Gasteiger partial charge in [0.15, 0.2) is 0 Å². The van der Waals surface area contributed by atoms with Gasteiger partial charge in [0.05, 0.1) is 17.3 Å². The minimum Gasteiger partial charge on any atom is -0.324 e. The highest BCUT2D eigenvalue weighted by Gasteiger charge is 2.10. The molecular formula is C17H18ClFN2O. The van der Waals surface area contributed by atoms with Crippen LogP contribution in [-0.2, 0) is 11.3 Å². The van der Waals surface area contributed by atoms with Gasteiger partial charge in [-0.1, -0.05) is 29.8 Å². The van der Waals surface area contributed by atoms with Crippen LogP contribution in [0.15, 0.2) is 42.5 Å². The van der Waals surface area contributed by atoms with E-state index in [1.54, 1.807) is 25.2 Å². The molecule has 0 unspecified atom stereocenters. The van der Waals surface area contributed by atoms with Crippen molar-refractivity contribution in [3.63, 3.8) is 0 Å². The molecule has 2 aromatic carbocycles. The second kappa shape index (κ2) is 7.38. The van der Waals surface area contributed by atoms with Crippen LogP contribution in [0.25, 0.3) is 0 Å². The van der Waals surface area contributed by atoms with Gasteiger partial charge in [-0.3, -0.25) is 9.69 Å². The minimum atomic E-state index is -0.276. The zero-order valence-electron chi connectivity index (χ0n) is 12.6. The Morgan fingerprint density at radius 2 is 2.05 bits per heavy atom. The fraction of sp³-hybridized carbons (Fsp3) is 0.235. The topological polar surface area (TPSA) is 32.3 Å². The van der Waals surface area contributed by atoms with E-state index < -0.39 is 0 Å². The fourth-order valence-corrected chi connectivity index (χ4v) is 2.44. The Morgan fingerprint density at radius 1 is 1.27 bits per heavy atom. The number of hydrogen-bond donors (Lipinski definition) is 1. The van der Waals surface area contributed by atoms with E-state index in [0.717, 1.165) is 11.1 Å². The number of nitrogens with zero attached hydrogens (tertiary/aromatic N) is 1. The molecule has 0 saturated heterocycles. The fourth-order valence-electron chi connectivity index (χ4n) is 2.16. The zero-order chi connectivity index (χ0) is 16.1. The van der Waals surface area contributed by atoms with Gasteiger partial charge in [-0.2, -0.15) is 0 Å². The van der Waals surface area contributed by atoms with Crippen LogP contribution in [0.2, 0.25) is 5.02 Å². The first-order valence-electron chi connectivity index (χ1n) is 6.93. The molecule has 0 bridgehead atoms. The van der Waals surface area contributed by atoms with Gasteiger partial charge in [-0.15, -0.1) is 0 Å². The summed E-state index contributed by atoms with van der Waals surface area (Å²) in [5.74, 6) is -0.438. The van der Waals surface area contributed by atoms with E-state index in [9.17, 15) is 9.18 Å².